The highest BCUT2D eigenvalue weighted by atomic mass is 16.1. The summed E-state index contributed by atoms with van der Waals surface area (Å²) in [5.41, 5.74) is 12.4. The maximum Gasteiger partial charge on any atom is 0.250 e. The molecule has 0 aliphatic rings. The zero-order chi connectivity index (χ0) is 13.0. The molecule has 1 aromatic carbocycles. The van der Waals surface area contributed by atoms with Crippen LogP contribution >= 0.6 is 0 Å². The van der Waals surface area contributed by atoms with Crippen molar-refractivity contribution in [3.05, 3.63) is 36.2 Å². The topological polar surface area (TPSA) is 112 Å². The number of aromatic nitrogens is 3. The monoisotopic (exact) mass is 246 g/mol. The number of nitrogen functional groups attached to an aromatic ring is 1. The Morgan fingerprint density at radius 3 is 2.94 bits per heavy atom. The molecular weight excluding hydrogens is 232 g/mol. The third kappa shape index (κ3) is 2.57. The lowest BCUT2D eigenvalue weighted by Gasteiger charge is -2.11. The normalized spacial score (nSPS) is 10.2. The van der Waals surface area contributed by atoms with Gasteiger partial charge in [0, 0.05) is 12.7 Å². The molecule has 5 N–H and O–H groups in total. The molecule has 0 aliphatic heterocycles. The Hall–Kier alpha value is -2.57. The van der Waals surface area contributed by atoms with Gasteiger partial charge in [-0.3, -0.25) is 9.48 Å². The molecule has 0 bridgehead atoms. The zero-order valence-corrected chi connectivity index (χ0v) is 9.71. The summed E-state index contributed by atoms with van der Waals surface area (Å²) in [6.45, 7) is 1.27. The van der Waals surface area contributed by atoms with E-state index in [1.165, 1.54) is 0 Å². The molecule has 7 nitrogen and oxygen atoms in total. The summed E-state index contributed by atoms with van der Waals surface area (Å²) < 4.78 is 1.70. The summed E-state index contributed by atoms with van der Waals surface area (Å²) in [5.74, 6) is -0.535. The van der Waals surface area contributed by atoms with Crippen molar-refractivity contribution in [2.24, 2.45) is 5.73 Å². The fourth-order valence-corrected chi connectivity index (χ4v) is 1.59. The number of primary amides is 1. The number of para-hydroxylation sites is 1. The van der Waals surface area contributed by atoms with Crippen molar-refractivity contribution in [1.82, 2.24) is 15.0 Å². The van der Waals surface area contributed by atoms with Crippen LogP contribution in [0.25, 0.3) is 0 Å². The van der Waals surface area contributed by atoms with Gasteiger partial charge in [-0.25, -0.2) is 0 Å². The van der Waals surface area contributed by atoms with E-state index in [4.69, 9.17) is 11.5 Å². The third-order valence-corrected chi connectivity index (χ3v) is 2.50. The van der Waals surface area contributed by atoms with Crippen LogP contribution in [0, 0.1) is 0 Å². The molecular formula is C11H14N6O. The van der Waals surface area contributed by atoms with Crippen LogP contribution in [0.15, 0.2) is 30.6 Å². The number of nitrogens with two attached hydrogens (primary N) is 2. The van der Waals surface area contributed by atoms with Crippen LogP contribution in [0.3, 0.4) is 0 Å². The van der Waals surface area contributed by atoms with E-state index in [9.17, 15) is 4.79 Å². The second kappa shape index (κ2) is 5.17. The molecule has 1 aromatic heterocycles. The molecule has 2 aromatic rings. The van der Waals surface area contributed by atoms with Gasteiger partial charge in [-0.1, -0.05) is 11.3 Å². The second-order valence-electron chi connectivity index (χ2n) is 3.72. The molecule has 0 radical (unpaired) electrons. The lowest BCUT2D eigenvalue weighted by Crippen LogP contribution is -2.16. The van der Waals surface area contributed by atoms with Crippen molar-refractivity contribution < 1.29 is 4.79 Å². The van der Waals surface area contributed by atoms with Crippen LogP contribution in [0.4, 0.5) is 11.4 Å². The number of nitrogens with one attached hydrogen (secondary N) is 1. The summed E-state index contributed by atoms with van der Waals surface area (Å²) in [4.78, 5) is 11.1. The van der Waals surface area contributed by atoms with Crippen LogP contribution in [-0.4, -0.2) is 27.4 Å². The molecule has 0 fully saturated rings. The number of benzene rings is 1. The van der Waals surface area contributed by atoms with E-state index in [-0.39, 0.29) is 0 Å². The molecule has 1 amide bonds. The van der Waals surface area contributed by atoms with Gasteiger partial charge in [0.1, 0.15) is 0 Å². The number of amides is 1. The average molecular weight is 246 g/mol. The average Bonchev–Trinajstić information content (AvgIpc) is 2.84. The van der Waals surface area contributed by atoms with Gasteiger partial charge in [0.25, 0.3) is 5.91 Å². The molecule has 0 spiro atoms. The highest BCUT2D eigenvalue weighted by molar-refractivity contribution is 6.00. The number of carbonyl (C=O) groups is 1. The first-order valence-electron chi connectivity index (χ1n) is 5.45. The van der Waals surface area contributed by atoms with Gasteiger partial charge in [-0.05, 0) is 12.1 Å². The largest absolute Gasteiger partial charge is 0.396 e. The summed E-state index contributed by atoms with van der Waals surface area (Å²) in [6.07, 6.45) is 3.38. The SMILES string of the molecule is NC(=O)c1cccc(NCCn2ccnn2)c1N. The Labute approximate surface area is 104 Å². The van der Waals surface area contributed by atoms with Crippen LogP contribution in [0.2, 0.25) is 0 Å². The lowest BCUT2D eigenvalue weighted by molar-refractivity contribution is 0.100. The Balaban J connectivity index is 2.01. The van der Waals surface area contributed by atoms with Crippen LogP contribution < -0.4 is 16.8 Å². The molecule has 0 saturated heterocycles. The van der Waals surface area contributed by atoms with Gasteiger partial charge in [-0.2, -0.15) is 0 Å². The van der Waals surface area contributed by atoms with Gasteiger partial charge >= 0.3 is 0 Å². The number of hydrogen-bond acceptors (Lipinski definition) is 5. The molecule has 2 rings (SSSR count). The van der Waals surface area contributed by atoms with Gasteiger partial charge in [-0.15, -0.1) is 5.10 Å². The third-order valence-electron chi connectivity index (χ3n) is 2.50. The number of nitrogens with zero attached hydrogens (tertiary/aromatic N) is 3. The number of anilines is 2. The standard InChI is InChI=1S/C11H14N6O/c12-10-8(11(13)18)2-1-3-9(10)14-4-6-17-7-5-15-16-17/h1-3,5,7,14H,4,6,12H2,(H2,13,18). The first kappa shape index (κ1) is 11.9. The van der Waals surface area contributed by atoms with E-state index < -0.39 is 5.91 Å². The van der Waals surface area contributed by atoms with Crippen LogP contribution in [0.5, 0.6) is 0 Å². The van der Waals surface area contributed by atoms with Crippen molar-refractivity contribution in [3.8, 4) is 0 Å². The van der Waals surface area contributed by atoms with Gasteiger partial charge < -0.3 is 16.8 Å². The molecule has 94 valence electrons. The molecule has 0 atom stereocenters. The Morgan fingerprint density at radius 1 is 1.44 bits per heavy atom. The van der Waals surface area contributed by atoms with Crippen molar-refractivity contribution in [3.63, 3.8) is 0 Å². The van der Waals surface area contributed by atoms with Crippen LogP contribution in [0.1, 0.15) is 10.4 Å². The molecule has 0 unspecified atom stereocenters. The number of hydrogen-bond donors (Lipinski definition) is 3. The first-order valence-corrected chi connectivity index (χ1v) is 5.45. The molecule has 7 heteroatoms. The number of rotatable bonds is 5. The summed E-state index contributed by atoms with van der Waals surface area (Å²) in [6, 6.07) is 5.12. The molecule has 18 heavy (non-hydrogen) atoms. The smallest absolute Gasteiger partial charge is 0.250 e. The van der Waals surface area contributed by atoms with Crippen molar-refractivity contribution in [2.75, 3.05) is 17.6 Å². The van der Waals surface area contributed by atoms with E-state index in [1.54, 1.807) is 35.3 Å². The minimum Gasteiger partial charge on any atom is -0.396 e. The van der Waals surface area contributed by atoms with Crippen molar-refractivity contribution >= 4 is 17.3 Å². The summed E-state index contributed by atoms with van der Waals surface area (Å²) in [5, 5.41) is 10.7. The second-order valence-corrected chi connectivity index (χ2v) is 3.72. The van der Waals surface area contributed by atoms with Gasteiger partial charge in [0.05, 0.1) is 29.7 Å². The number of carbonyl (C=O) groups excluding carboxylic acids is 1. The van der Waals surface area contributed by atoms with Crippen molar-refractivity contribution in [2.45, 2.75) is 6.54 Å². The van der Waals surface area contributed by atoms with Crippen LogP contribution in [-0.2, 0) is 6.54 Å². The van der Waals surface area contributed by atoms with E-state index in [1.807, 2.05) is 0 Å². The summed E-state index contributed by atoms with van der Waals surface area (Å²) >= 11 is 0. The van der Waals surface area contributed by atoms with E-state index >= 15 is 0 Å². The van der Waals surface area contributed by atoms with Gasteiger partial charge in [0.2, 0.25) is 0 Å². The predicted octanol–water partition coefficient (Wildman–Crippen LogP) is 0.0713. The fourth-order valence-electron chi connectivity index (χ4n) is 1.59. The summed E-state index contributed by atoms with van der Waals surface area (Å²) in [7, 11) is 0. The quantitative estimate of drug-likeness (QED) is 0.646. The predicted molar refractivity (Wildman–Crippen MR) is 67.9 cm³/mol. The maximum atomic E-state index is 11.1. The minimum atomic E-state index is -0.535. The van der Waals surface area contributed by atoms with Gasteiger partial charge in [0.15, 0.2) is 0 Å². The Kier molecular flexibility index (Phi) is 3.42. The highest BCUT2D eigenvalue weighted by Crippen LogP contribution is 2.21. The van der Waals surface area contributed by atoms with Crippen molar-refractivity contribution in [1.29, 1.82) is 0 Å². The van der Waals surface area contributed by atoms with E-state index in [0.29, 0.717) is 30.0 Å². The maximum absolute atomic E-state index is 11.1. The minimum absolute atomic E-state index is 0.320. The molecule has 0 aliphatic carbocycles. The van der Waals surface area contributed by atoms with E-state index in [0.717, 1.165) is 0 Å². The highest BCUT2D eigenvalue weighted by Gasteiger charge is 2.08. The molecule has 1 heterocycles. The Bertz CT molecular complexity index is 536. The Morgan fingerprint density at radius 2 is 2.28 bits per heavy atom. The first-order chi connectivity index (χ1) is 8.68. The zero-order valence-electron chi connectivity index (χ0n) is 9.71. The lowest BCUT2D eigenvalue weighted by atomic mass is 10.1. The molecule has 0 saturated carbocycles. The fraction of sp³-hybridized carbons (Fsp3) is 0.182. The van der Waals surface area contributed by atoms with E-state index in [2.05, 4.69) is 15.6 Å².